The Labute approximate surface area is 184 Å². The number of likely N-dealkylation sites (N-methyl/N-ethyl adjacent to an activating group) is 1. The summed E-state index contributed by atoms with van der Waals surface area (Å²) in [6.45, 7) is -0.639. The van der Waals surface area contributed by atoms with Crippen LogP contribution >= 0.6 is 11.6 Å². The van der Waals surface area contributed by atoms with Crippen molar-refractivity contribution in [1.29, 1.82) is 0 Å². The van der Waals surface area contributed by atoms with Crippen LogP contribution in [0.1, 0.15) is 15.9 Å². The first-order valence-electron chi connectivity index (χ1n) is 8.51. The van der Waals surface area contributed by atoms with Gasteiger partial charge < -0.3 is 10.2 Å². The fraction of sp³-hybridized carbons (Fsp3) is 0.222. The lowest BCUT2D eigenvalue weighted by molar-refractivity contribution is -0.385. The van der Waals surface area contributed by atoms with Crippen molar-refractivity contribution in [2.45, 2.75) is 11.1 Å². The van der Waals surface area contributed by atoms with Crippen molar-refractivity contribution in [1.82, 2.24) is 4.90 Å². The zero-order chi connectivity index (χ0) is 24.4. The van der Waals surface area contributed by atoms with Crippen LogP contribution in [0.5, 0.6) is 0 Å². The monoisotopic (exact) mass is 493 g/mol. The summed E-state index contributed by atoms with van der Waals surface area (Å²) in [7, 11) is -2.72. The third-order valence-electron chi connectivity index (χ3n) is 4.06. The van der Waals surface area contributed by atoms with Crippen LogP contribution in [-0.4, -0.2) is 49.9 Å². The van der Waals surface area contributed by atoms with Crippen LogP contribution in [0.25, 0.3) is 0 Å². The van der Waals surface area contributed by atoms with Crippen LogP contribution in [0.2, 0.25) is 5.02 Å². The van der Waals surface area contributed by atoms with Crippen LogP contribution in [0.3, 0.4) is 0 Å². The smallest absolute Gasteiger partial charge is 0.332 e. The maximum atomic E-state index is 12.9. The predicted molar refractivity (Wildman–Crippen MR) is 108 cm³/mol. The first-order chi connectivity index (χ1) is 14.6. The van der Waals surface area contributed by atoms with Gasteiger partial charge in [-0.3, -0.25) is 19.7 Å². The average Bonchev–Trinajstić information content (AvgIpc) is 2.66. The van der Waals surface area contributed by atoms with Crippen LogP contribution in [0.15, 0.2) is 41.3 Å². The quantitative estimate of drug-likeness (QED) is 0.485. The van der Waals surface area contributed by atoms with Crippen LogP contribution in [0, 0.1) is 10.1 Å². The topological polar surface area (TPSA) is 127 Å². The van der Waals surface area contributed by atoms with E-state index < -0.39 is 60.5 Å². The fourth-order valence-corrected chi connectivity index (χ4v) is 3.46. The molecule has 1 N–H and O–H groups in total. The molecule has 2 amide bonds. The van der Waals surface area contributed by atoms with E-state index in [0.29, 0.717) is 6.07 Å². The van der Waals surface area contributed by atoms with Crippen molar-refractivity contribution in [2.24, 2.45) is 0 Å². The summed E-state index contributed by atoms with van der Waals surface area (Å²) in [5.41, 5.74) is -2.38. The van der Waals surface area contributed by atoms with Crippen LogP contribution < -0.4 is 5.32 Å². The molecule has 0 radical (unpaired) electrons. The van der Waals surface area contributed by atoms with Crippen molar-refractivity contribution in [2.75, 3.05) is 25.2 Å². The van der Waals surface area contributed by atoms with E-state index in [2.05, 4.69) is 5.32 Å². The first kappa shape index (κ1) is 25.1. The number of carbonyl (C=O) groups is 2. The third kappa shape index (κ3) is 6.17. The summed E-state index contributed by atoms with van der Waals surface area (Å²) in [6, 6.07) is 5.27. The zero-order valence-corrected chi connectivity index (χ0v) is 18.0. The van der Waals surface area contributed by atoms with Gasteiger partial charge in [-0.25, -0.2) is 8.42 Å². The summed E-state index contributed by atoms with van der Waals surface area (Å²) in [5, 5.41) is 12.7. The summed E-state index contributed by atoms with van der Waals surface area (Å²) < 4.78 is 62.3. The Morgan fingerprint density at radius 2 is 1.81 bits per heavy atom. The number of amides is 2. The van der Waals surface area contributed by atoms with Gasteiger partial charge in [0, 0.05) is 36.7 Å². The normalized spacial score (nSPS) is 11.7. The fourth-order valence-electron chi connectivity index (χ4n) is 2.55. The molecule has 32 heavy (non-hydrogen) atoms. The Morgan fingerprint density at radius 1 is 1.19 bits per heavy atom. The maximum absolute atomic E-state index is 12.9. The van der Waals surface area contributed by atoms with E-state index in [0.717, 1.165) is 48.5 Å². The number of nitrogens with zero attached hydrogens (tertiary/aromatic N) is 2. The van der Waals surface area contributed by atoms with Crippen LogP contribution in [-0.2, 0) is 20.8 Å². The highest BCUT2D eigenvalue weighted by molar-refractivity contribution is 7.90. The van der Waals surface area contributed by atoms with Gasteiger partial charge in [0.15, 0.2) is 9.84 Å². The number of non-ortho nitro benzene ring substituents is 1. The second-order valence-corrected chi connectivity index (χ2v) is 9.07. The minimum atomic E-state index is -4.75. The van der Waals surface area contributed by atoms with E-state index in [1.807, 2.05) is 0 Å². The molecule has 0 saturated heterocycles. The van der Waals surface area contributed by atoms with Gasteiger partial charge in [0.05, 0.1) is 26.9 Å². The number of nitro benzene ring substituents is 1. The molecule has 0 unspecified atom stereocenters. The number of halogens is 4. The van der Waals surface area contributed by atoms with E-state index in [4.69, 9.17) is 11.6 Å². The van der Waals surface area contributed by atoms with Crippen molar-refractivity contribution in [3.8, 4) is 0 Å². The number of hydrogen-bond acceptors (Lipinski definition) is 6. The minimum Gasteiger partial charge on any atom is -0.332 e. The Bertz CT molecular complexity index is 1200. The lowest BCUT2D eigenvalue weighted by Crippen LogP contribution is -2.35. The molecular formula is C18H15ClF3N3O6S. The largest absolute Gasteiger partial charge is 0.417 e. The second kappa shape index (κ2) is 9.12. The zero-order valence-electron chi connectivity index (χ0n) is 16.4. The molecule has 14 heteroatoms. The number of anilines is 1. The molecule has 0 spiro atoms. The number of carbonyl (C=O) groups excluding carboxylic acids is 2. The van der Waals surface area contributed by atoms with Crippen molar-refractivity contribution >= 4 is 44.6 Å². The molecule has 0 aliphatic carbocycles. The Hall–Kier alpha value is -3.19. The van der Waals surface area contributed by atoms with E-state index in [-0.39, 0.29) is 11.3 Å². The molecule has 0 atom stereocenters. The van der Waals surface area contributed by atoms with Gasteiger partial charge in [-0.15, -0.1) is 0 Å². The first-order valence-corrected chi connectivity index (χ1v) is 10.8. The number of hydrogen-bond donors (Lipinski definition) is 1. The minimum absolute atomic E-state index is 0.220. The van der Waals surface area contributed by atoms with Crippen LogP contribution in [0.4, 0.5) is 24.5 Å². The highest BCUT2D eigenvalue weighted by Gasteiger charge is 2.33. The van der Waals surface area contributed by atoms with Gasteiger partial charge in [-0.1, -0.05) is 11.6 Å². The van der Waals surface area contributed by atoms with E-state index in [1.54, 1.807) is 0 Å². The highest BCUT2D eigenvalue weighted by atomic mass is 35.5. The molecule has 0 fully saturated rings. The molecule has 0 aliphatic heterocycles. The summed E-state index contributed by atoms with van der Waals surface area (Å²) in [6.07, 6.45) is -3.94. The molecule has 2 aromatic rings. The second-order valence-electron chi connectivity index (χ2n) is 6.65. The van der Waals surface area contributed by atoms with Crippen molar-refractivity contribution < 1.29 is 36.1 Å². The van der Waals surface area contributed by atoms with Gasteiger partial charge in [0.2, 0.25) is 5.91 Å². The van der Waals surface area contributed by atoms with E-state index >= 15 is 0 Å². The maximum Gasteiger partial charge on any atom is 0.417 e. The van der Waals surface area contributed by atoms with E-state index in [1.165, 1.54) is 0 Å². The predicted octanol–water partition coefficient (Wildman–Crippen LogP) is 3.38. The number of nitro groups is 1. The Balaban J connectivity index is 2.22. The lowest BCUT2D eigenvalue weighted by atomic mass is 10.1. The molecule has 9 nitrogen and oxygen atoms in total. The van der Waals surface area contributed by atoms with Gasteiger partial charge in [0.1, 0.15) is 0 Å². The van der Waals surface area contributed by atoms with Gasteiger partial charge >= 0.3 is 6.18 Å². The SMILES string of the molecule is CN(CC(=O)Nc1ccc(Cl)c(C(F)(F)F)c1)C(=O)c1cc([N+](=O)[O-])cc(S(C)(=O)=O)c1. The van der Waals surface area contributed by atoms with Gasteiger partial charge in [-0.05, 0) is 24.3 Å². The number of alkyl halides is 3. The molecule has 172 valence electrons. The molecule has 2 aromatic carbocycles. The van der Waals surface area contributed by atoms with Gasteiger partial charge in [-0.2, -0.15) is 13.2 Å². The number of rotatable bonds is 6. The molecule has 2 rings (SSSR count). The summed E-state index contributed by atoms with van der Waals surface area (Å²) >= 11 is 5.51. The van der Waals surface area contributed by atoms with Crippen molar-refractivity contribution in [3.05, 3.63) is 62.7 Å². The standard InChI is InChI=1S/C18H15ClF3N3O6S/c1-24(9-16(26)23-11-3-4-15(19)14(7-11)18(20,21)22)17(27)10-5-12(25(28)29)8-13(6-10)32(2,30)31/h3-8H,9H2,1-2H3,(H,23,26). The summed E-state index contributed by atoms with van der Waals surface area (Å²) in [4.78, 5) is 35.3. The Kier molecular flexibility index (Phi) is 7.15. The van der Waals surface area contributed by atoms with Gasteiger partial charge in [0.25, 0.3) is 11.6 Å². The molecule has 0 bridgehead atoms. The molecule has 0 aromatic heterocycles. The molecule has 0 aliphatic rings. The Morgan fingerprint density at radius 3 is 2.34 bits per heavy atom. The number of sulfone groups is 1. The summed E-state index contributed by atoms with van der Waals surface area (Å²) in [5.74, 6) is -1.79. The number of nitrogens with one attached hydrogen (secondary N) is 1. The molecular weight excluding hydrogens is 479 g/mol. The van der Waals surface area contributed by atoms with E-state index in [9.17, 15) is 41.3 Å². The highest BCUT2D eigenvalue weighted by Crippen LogP contribution is 2.36. The third-order valence-corrected chi connectivity index (χ3v) is 5.48. The molecule has 0 saturated carbocycles. The lowest BCUT2D eigenvalue weighted by Gasteiger charge is -2.18. The molecule has 0 heterocycles. The van der Waals surface area contributed by atoms with Crippen molar-refractivity contribution in [3.63, 3.8) is 0 Å². The average molecular weight is 494 g/mol. The number of benzene rings is 2.